The predicted molar refractivity (Wildman–Crippen MR) is 85.3 cm³/mol. The molecule has 0 aliphatic heterocycles. The summed E-state index contributed by atoms with van der Waals surface area (Å²) in [4.78, 5) is 11.9. The minimum absolute atomic E-state index is 0.00387. The van der Waals surface area contributed by atoms with Crippen LogP contribution in [0.1, 0.15) is 24.5 Å². The lowest BCUT2D eigenvalue weighted by Gasteiger charge is -2.15. The van der Waals surface area contributed by atoms with Crippen LogP contribution in [0.4, 0.5) is 4.79 Å². The van der Waals surface area contributed by atoms with Gasteiger partial charge in [0.15, 0.2) is 0 Å². The van der Waals surface area contributed by atoms with E-state index >= 15 is 0 Å². The van der Waals surface area contributed by atoms with Crippen molar-refractivity contribution in [2.24, 2.45) is 5.92 Å². The molecule has 22 heavy (non-hydrogen) atoms. The lowest BCUT2D eigenvalue weighted by Crippen LogP contribution is -2.40. The van der Waals surface area contributed by atoms with E-state index in [-0.39, 0.29) is 24.6 Å². The molecule has 0 saturated carbocycles. The first-order valence-corrected chi connectivity index (χ1v) is 7.71. The predicted octanol–water partition coefficient (Wildman–Crippen LogP) is 1.96. The summed E-state index contributed by atoms with van der Waals surface area (Å²) in [5.41, 5.74) is 2.15. The van der Waals surface area contributed by atoms with Crippen LogP contribution in [0, 0.1) is 5.92 Å². The highest BCUT2D eigenvalue weighted by Crippen LogP contribution is 2.16. The summed E-state index contributed by atoms with van der Waals surface area (Å²) in [6.45, 7) is 3.78. The lowest BCUT2D eigenvalue weighted by molar-refractivity contribution is 0.133. The number of hydrogen-bond acceptors (Lipinski definition) is 3. The zero-order valence-electron chi connectivity index (χ0n) is 12.9. The van der Waals surface area contributed by atoms with E-state index in [2.05, 4.69) is 10.6 Å². The average Bonchev–Trinajstić information content (AvgIpc) is 2.99. The molecule has 120 valence electrons. The van der Waals surface area contributed by atoms with E-state index in [1.54, 1.807) is 0 Å². The van der Waals surface area contributed by atoms with Crippen molar-refractivity contribution >= 4 is 6.03 Å². The molecule has 5 nitrogen and oxygen atoms in total. The maximum atomic E-state index is 11.9. The molecule has 0 fully saturated rings. The Hall–Kier alpha value is -1.85. The zero-order chi connectivity index (χ0) is 15.8. The largest absolute Gasteiger partial charge is 0.396 e. The molecule has 0 heterocycles. The van der Waals surface area contributed by atoms with Gasteiger partial charge in [0.1, 0.15) is 0 Å². The van der Waals surface area contributed by atoms with Crippen LogP contribution < -0.4 is 10.6 Å². The lowest BCUT2D eigenvalue weighted by atomic mass is 10.1. The van der Waals surface area contributed by atoms with Crippen molar-refractivity contribution in [2.75, 3.05) is 13.2 Å². The number of benzene rings is 1. The highest BCUT2D eigenvalue weighted by molar-refractivity contribution is 5.74. The smallest absolute Gasteiger partial charge is 0.315 e. The number of aliphatic hydroxyl groups excluding tert-OH is 1. The fraction of sp³-hybridized carbons (Fsp3) is 0.471. The first-order chi connectivity index (χ1) is 10.7. The van der Waals surface area contributed by atoms with Gasteiger partial charge in [0.05, 0.1) is 6.61 Å². The SMILES string of the molecule is CCOCc1ccccc1CNC(=O)N[C@@H]1C=C[C@H](CO)C1. The molecule has 1 aromatic carbocycles. The van der Waals surface area contributed by atoms with Crippen LogP contribution in [0.2, 0.25) is 0 Å². The third-order valence-corrected chi connectivity index (χ3v) is 3.74. The van der Waals surface area contributed by atoms with Crippen LogP contribution in [0.3, 0.4) is 0 Å². The second-order valence-corrected chi connectivity index (χ2v) is 5.40. The van der Waals surface area contributed by atoms with E-state index in [0.717, 1.165) is 17.5 Å². The fourth-order valence-electron chi connectivity index (χ4n) is 2.49. The van der Waals surface area contributed by atoms with E-state index in [9.17, 15) is 4.79 Å². The maximum Gasteiger partial charge on any atom is 0.315 e. The van der Waals surface area contributed by atoms with Crippen molar-refractivity contribution < 1.29 is 14.6 Å². The highest BCUT2D eigenvalue weighted by Gasteiger charge is 2.19. The van der Waals surface area contributed by atoms with Gasteiger partial charge in [-0.25, -0.2) is 4.79 Å². The Morgan fingerprint density at radius 2 is 2.09 bits per heavy atom. The first kappa shape index (κ1) is 16.5. The molecule has 1 aliphatic rings. The second-order valence-electron chi connectivity index (χ2n) is 5.40. The summed E-state index contributed by atoms with van der Waals surface area (Å²) < 4.78 is 5.44. The molecular weight excluding hydrogens is 280 g/mol. The molecule has 2 atom stereocenters. The van der Waals surface area contributed by atoms with Gasteiger partial charge in [0.2, 0.25) is 0 Å². The van der Waals surface area contributed by atoms with Crippen molar-refractivity contribution in [1.82, 2.24) is 10.6 Å². The number of nitrogens with one attached hydrogen (secondary N) is 2. The number of carbonyl (C=O) groups is 1. The molecule has 1 aliphatic carbocycles. The molecule has 0 radical (unpaired) electrons. The van der Waals surface area contributed by atoms with Gasteiger partial charge in [-0.3, -0.25) is 0 Å². The Morgan fingerprint density at radius 3 is 2.77 bits per heavy atom. The molecule has 0 aromatic heterocycles. The van der Waals surface area contributed by atoms with Crippen LogP contribution in [0.5, 0.6) is 0 Å². The Labute approximate surface area is 131 Å². The number of urea groups is 1. The third-order valence-electron chi connectivity index (χ3n) is 3.74. The number of ether oxygens (including phenoxy) is 1. The van der Waals surface area contributed by atoms with Gasteiger partial charge in [-0.15, -0.1) is 0 Å². The van der Waals surface area contributed by atoms with E-state index in [1.807, 2.05) is 43.3 Å². The number of carbonyl (C=O) groups excluding carboxylic acids is 1. The molecule has 0 spiro atoms. The Bertz CT molecular complexity index is 516. The van der Waals surface area contributed by atoms with Gasteiger partial charge >= 0.3 is 6.03 Å². The summed E-state index contributed by atoms with van der Waals surface area (Å²) in [7, 11) is 0. The van der Waals surface area contributed by atoms with Gasteiger partial charge in [0.25, 0.3) is 0 Å². The third kappa shape index (κ3) is 4.86. The molecule has 1 aromatic rings. The van der Waals surface area contributed by atoms with E-state index in [1.165, 1.54) is 0 Å². The number of aliphatic hydroxyl groups is 1. The molecule has 3 N–H and O–H groups in total. The van der Waals surface area contributed by atoms with Crippen molar-refractivity contribution in [2.45, 2.75) is 32.5 Å². The Kier molecular flexibility index (Phi) is 6.43. The molecule has 0 saturated heterocycles. The van der Waals surface area contributed by atoms with E-state index in [4.69, 9.17) is 9.84 Å². The summed E-state index contributed by atoms with van der Waals surface area (Å²) in [6, 6.07) is 7.73. The van der Waals surface area contributed by atoms with Gasteiger partial charge in [-0.1, -0.05) is 36.4 Å². The summed E-state index contributed by atoms with van der Waals surface area (Å²) in [5.74, 6) is 0.150. The van der Waals surface area contributed by atoms with Gasteiger partial charge in [-0.2, -0.15) is 0 Å². The first-order valence-electron chi connectivity index (χ1n) is 7.71. The number of rotatable bonds is 7. The van der Waals surface area contributed by atoms with Crippen LogP contribution >= 0.6 is 0 Å². The monoisotopic (exact) mass is 304 g/mol. The van der Waals surface area contributed by atoms with Crippen LogP contribution in [0.15, 0.2) is 36.4 Å². The Morgan fingerprint density at radius 1 is 1.32 bits per heavy atom. The molecule has 5 heteroatoms. The van der Waals surface area contributed by atoms with Crippen molar-refractivity contribution in [3.05, 3.63) is 47.5 Å². The van der Waals surface area contributed by atoms with Crippen molar-refractivity contribution in [3.63, 3.8) is 0 Å². The number of amides is 2. The number of hydrogen-bond donors (Lipinski definition) is 3. The summed E-state index contributed by atoms with van der Waals surface area (Å²) in [6.07, 6.45) is 4.64. The zero-order valence-corrected chi connectivity index (χ0v) is 12.9. The van der Waals surface area contributed by atoms with Crippen molar-refractivity contribution in [3.8, 4) is 0 Å². The highest BCUT2D eigenvalue weighted by atomic mass is 16.5. The molecule has 0 unspecified atom stereocenters. The Balaban J connectivity index is 1.80. The van der Waals surface area contributed by atoms with Gasteiger partial charge in [-0.05, 0) is 24.5 Å². The minimum Gasteiger partial charge on any atom is -0.396 e. The molecule has 2 amide bonds. The second kappa shape index (κ2) is 8.56. The molecule has 0 bridgehead atoms. The average molecular weight is 304 g/mol. The fourth-order valence-corrected chi connectivity index (χ4v) is 2.49. The summed E-state index contributed by atoms with van der Waals surface area (Å²) >= 11 is 0. The van der Waals surface area contributed by atoms with Crippen LogP contribution in [-0.4, -0.2) is 30.4 Å². The van der Waals surface area contributed by atoms with Crippen LogP contribution in [0.25, 0.3) is 0 Å². The van der Waals surface area contributed by atoms with E-state index < -0.39 is 0 Å². The quantitative estimate of drug-likeness (QED) is 0.674. The standard InChI is InChI=1S/C17H24N2O3/c1-2-22-12-15-6-4-3-5-14(15)10-18-17(21)19-16-8-7-13(9-16)11-20/h3-8,13,16,20H,2,9-12H2,1H3,(H2,18,19,21)/t13-,16+/m0/s1. The topological polar surface area (TPSA) is 70.6 Å². The van der Waals surface area contributed by atoms with Gasteiger partial charge < -0.3 is 20.5 Å². The minimum atomic E-state index is -0.195. The summed E-state index contributed by atoms with van der Waals surface area (Å²) in [5, 5.41) is 14.9. The molecule has 2 rings (SSSR count). The normalized spacial score (nSPS) is 20.1. The van der Waals surface area contributed by atoms with Gasteiger partial charge in [0, 0.05) is 31.7 Å². The van der Waals surface area contributed by atoms with Crippen LogP contribution in [-0.2, 0) is 17.9 Å². The van der Waals surface area contributed by atoms with Crippen molar-refractivity contribution in [1.29, 1.82) is 0 Å². The van der Waals surface area contributed by atoms with E-state index in [0.29, 0.717) is 19.8 Å². The maximum absolute atomic E-state index is 11.9. The molecular formula is C17H24N2O3.